The topological polar surface area (TPSA) is 30.5 Å². The van der Waals surface area contributed by atoms with Crippen LogP contribution >= 0.6 is 11.6 Å². The maximum absolute atomic E-state index is 12.9. The summed E-state index contributed by atoms with van der Waals surface area (Å²) in [6.07, 6.45) is -4.93. The molecule has 1 fully saturated rings. The first kappa shape index (κ1) is 17.9. The number of benzene rings is 2. The van der Waals surface area contributed by atoms with E-state index in [0.29, 0.717) is 22.1 Å². The van der Waals surface area contributed by atoms with Gasteiger partial charge in [0.15, 0.2) is 11.5 Å². The van der Waals surface area contributed by atoms with Crippen LogP contribution in [0.1, 0.15) is 24.2 Å². The van der Waals surface area contributed by atoms with Crippen LogP contribution in [0.3, 0.4) is 0 Å². The van der Waals surface area contributed by atoms with Gasteiger partial charge in [0.1, 0.15) is 12.2 Å². The highest BCUT2D eigenvalue weighted by Crippen LogP contribution is 2.36. The number of nitrogens with one attached hydrogen (secondary N) is 1. The number of hydrogen-bond donors (Lipinski definition) is 1. The third kappa shape index (κ3) is 4.38. The standard InChI is InChI=1S/C18H17ClF3NO2/c1-11(12-3-2-4-13(7-12)18(20,21)22)24-16-6-5-14(19)8-17(16)25-15-9-23-10-15/h2-8,11,15,23H,9-10H2,1H3/t11-/m1/s1. The molecule has 25 heavy (non-hydrogen) atoms. The van der Waals surface area contributed by atoms with Crippen molar-refractivity contribution in [3.8, 4) is 11.5 Å². The van der Waals surface area contributed by atoms with E-state index < -0.39 is 17.8 Å². The first-order valence-corrected chi connectivity index (χ1v) is 8.21. The molecule has 0 bridgehead atoms. The minimum atomic E-state index is -4.39. The summed E-state index contributed by atoms with van der Waals surface area (Å²) in [5.41, 5.74) is -0.269. The monoisotopic (exact) mass is 371 g/mol. The minimum absolute atomic E-state index is 0.0321. The van der Waals surface area contributed by atoms with Crippen LogP contribution in [0.25, 0.3) is 0 Å². The molecule has 0 saturated carbocycles. The van der Waals surface area contributed by atoms with E-state index in [2.05, 4.69) is 5.32 Å². The maximum Gasteiger partial charge on any atom is 0.416 e. The highest BCUT2D eigenvalue weighted by atomic mass is 35.5. The summed E-state index contributed by atoms with van der Waals surface area (Å²) in [6.45, 7) is 3.16. The summed E-state index contributed by atoms with van der Waals surface area (Å²) < 4.78 is 50.3. The van der Waals surface area contributed by atoms with Gasteiger partial charge in [-0.2, -0.15) is 13.2 Å². The zero-order valence-electron chi connectivity index (χ0n) is 13.4. The lowest BCUT2D eigenvalue weighted by molar-refractivity contribution is -0.137. The van der Waals surface area contributed by atoms with E-state index in [9.17, 15) is 13.2 Å². The van der Waals surface area contributed by atoms with Gasteiger partial charge < -0.3 is 14.8 Å². The molecule has 1 aliphatic heterocycles. The van der Waals surface area contributed by atoms with Crippen LogP contribution in [0.2, 0.25) is 5.02 Å². The number of halogens is 4. The number of ether oxygens (including phenoxy) is 2. The Morgan fingerprint density at radius 2 is 1.88 bits per heavy atom. The molecule has 1 saturated heterocycles. The molecule has 1 N–H and O–H groups in total. The lowest BCUT2D eigenvalue weighted by atomic mass is 10.1. The maximum atomic E-state index is 12.9. The van der Waals surface area contributed by atoms with Crippen molar-refractivity contribution < 1.29 is 22.6 Å². The molecular formula is C18H17ClF3NO2. The first-order valence-electron chi connectivity index (χ1n) is 7.83. The normalized spacial score (nSPS) is 16.2. The Kier molecular flexibility index (Phi) is 5.11. The molecule has 1 atom stereocenters. The van der Waals surface area contributed by atoms with Gasteiger partial charge in [-0.3, -0.25) is 0 Å². The van der Waals surface area contributed by atoms with Crippen LogP contribution < -0.4 is 14.8 Å². The summed E-state index contributed by atoms with van der Waals surface area (Å²) in [5.74, 6) is 0.930. The fraction of sp³-hybridized carbons (Fsp3) is 0.333. The molecule has 3 rings (SSSR count). The van der Waals surface area contributed by atoms with Crippen molar-refractivity contribution in [1.82, 2.24) is 5.32 Å². The van der Waals surface area contributed by atoms with E-state index >= 15 is 0 Å². The first-order chi connectivity index (χ1) is 11.8. The molecule has 0 amide bonds. The van der Waals surface area contributed by atoms with Crippen molar-refractivity contribution in [3.05, 3.63) is 58.6 Å². The van der Waals surface area contributed by atoms with Crippen LogP contribution in [-0.2, 0) is 6.18 Å². The summed E-state index contributed by atoms with van der Waals surface area (Å²) in [4.78, 5) is 0. The third-order valence-electron chi connectivity index (χ3n) is 3.93. The smallest absolute Gasteiger partial charge is 0.416 e. The lowest BCUT2D eigenvalue weighted by Gasteiger charge is -2.29. The van der Waals surface area contributed by atoms with Crippen LogP contribution in [-0.4, -0.2) is 19.2 Å². The van der Waals surface area contributed by atoms with Crippen molar-refractivity contribution in [3.63, 3.8) is 0 Å². The van der Waals surface area contributed by atoms with Crippen molar-refractivity contribution >= 4 is 11.6 Å². The Morgan fingerprint density at radius 3 is 2.52 bits per heavy atom. The Balaban J connectivity index is 1.79. The van der Waals surface area contributed by atoms with Crippen LogP contribution in [0.15, 0.2) is 42.5 Å². The fourth-order valence-corrected chi connectivity index (χ4v) is 2.58. The molecule has 134 valence electrons. The van der Waals surface area contributed by atoms with Crippen LogP contribution in [0, 0.1) is 0 Å². The highest BCUT2D eigenvalue weighted by molar-refractivity contribution is 6.30. The predicted molar refractivity (Wildman–Crippen MR) is 89.2 cm³/mol. The molecule has 0 aliphatic carbocycles. The second kappa shape index (κ2) is 7.14. The SMILES string of the molecule is C[C@@H](Oc1ccc(Cl)cc1OC1CNC1)c1cccc(C(F)(F)F)c1. The molecule has 0 radical (unpaired) electrons. The largest absolute Gasteiger partial charge is 0.484 e. The van der Waals surface area contributed by atoms with Gasteiger partial charge in [0.05, 0.1) is 5.56 Å². The zero-order valence-corrected chi connectivity index (χ0v) is 14.2. The molecule has 7 heteroatoms. The van der Waals surface area contributed by atoms with E-state index in [1.807, 2.05) is 0 Å². The van der Waals surface area contributed by atoms with Gasteiger partial charge in [0, 0.05) is 24.2 Å². The predicted octanol–water partition coefficient (Wildman–Crippen LogP) is 4.85. The molecule has 1 aliphatic rings. The Bertz CT molecular complexity index is 747. The molecule has 2 aromatic carbocycles. The van der Waals surface area contributed by atoms with Gasteiger partial charge >= 0.3 is 6.18 Å². The summed E-state index contributed by atoms with van der Waals surface area (Å²) in [5, 5.41) is 3.60. The molecule has 0 aromatic heterocycles. The summed E-state index contributed by atoms with van der Waals surface area (Å²) in [7, 11) is 0. The Hall–Kier alpha value is -1.92. The summed E-state index contributed by atoms with van der Waals surface area (Å²) >= 11 is 6.01. The van der Waals surface area contributed by atoms with E-state index in [1.165, 1.54) is 6.07 Å². The van der Waals surface area contributed by atoms with Gasteiger partial charge in [-0.25, -0.2) is 0 Å². The van der Waals surface area contributed by atoms with Gasteiger partial charge in [0.25, 0.3) is 0 Å². The van der Waals surface area contributed by atoms with E-state index in [4.69, 9.17) is 21.1 Å². The van der Waals surface area contributed by atoms with Gasteiger partial charge in [-0.1, -0.05) is 23.7 Å². The quantitative estimate of drug-likeness (QED) is 0.815. The molecule has 3 nitrogen and oxygen atoms in total. The summed E-state index contributed by atoms with van der Waals surface area (Å²) in [6, 6.07) is 10.1. The second-order valence-electron chi connectivity index (χ2n) is 5.87. The van der Waals surface area contributed by atoms with Gasteiger partial charge in [0.2, 0.25) is 0 Å². The van der Waals surface area contributed by atoms with Gasteiger partial charge in [-0.15, -0.1) is 0 Å². The fourth-order valence-electron chi connectivity index (χ4n) is 2.42. The number of hydrogen-bond acceptors (Lipinski definition) is 3. The number of rotatable bonds is 5. The van der Waals surface area contributed by atoms with Crippen LogP contribution in [0.5, 0.6) is 11.5 Å². The van der Waals surface area contributed by atoms with E-state index in [1.54, 1.807) is 31.2 Å². The van der Waals surface area contributed by atoms with Crippen molar-refractivity contribution in [1.29, 1.82) is 0 Å². The van der Waals surface area contributed by atoms with Crippen molar-refractivity contribution in [2.45, 2.75) is 25.3 Å². The molecule has 1 heterocycles. The molecule has 0 unspecified atom stereocenters. The highest BCUT2D eigenvalue weighted by Gasteiger charge is 2.31. The average molecular weight is 372 g/mol. The van der Waals surface area contributed by atoms with Crippen molar-refractivity contribution in [2.24, 2.45) is 0 Å². The Morgan fingerprint density at radius 1 is 1.12 bits per heavy atom. The molecule has 2 aromatic rings. The van der Waals surface area contributed by atoms with E-state index in [-0.39, 0.29) is 6.10 Å². The minimum Gasteiger partial charge on any atom is -0.484 e. The molecule has 0 spiro atoms. The average Bonchev–Trinajstić information content (AvgIpc) is 2.52. The number of alkyl halides is 3. The van der Waals surface area contributed by atoms with Gasteiger partial charge in [-0.05, 0) is 36.8 Å². The molecular weight excluding hydrogens is 355 g/mol. The third-order valence-corrected chi connectivity index (χ3v) is 4.17. The zero-order chi connectivity index (χ0) is 18.0. The van der Waals surface area contributed by atoms with E-state index in [0.717, 1.165) is 25.2 Å². The lowest BCUT2D eigenvalue weighted by Crippen LogP contribution is -2.50. The van der Waals surface area contributed by atoms with Crippen LogP contribution in [0.4, 0.5) is 13.2 Å². The second-order valence-corrected chi connectivity index (χ2v) is 6.31. The van der Waals surface area contributed by atoms with Crippen molar-refractivity contribution in [2.75, 3.05) is 13.1 Å². The Labute approximate surface area is 148 Å².